The fraction of sp³-hybridized carbons (Fsp3) is 0.0741. The van der Waals surface area contributed by atoms with Crippen LogP contribution in [0.1, 0.15) is 15.9 Å². The van der Waals surface area contributed by atoms with Crippen molar-refractivity contribution < 1.29 is 14.3 Å². The Labute approximate surface area is 196 Å². The molecule has 0 aliphatic heterocycles. The van der Waals surface area contributed by atoms with Crippen LogP contribution in [0, 0.1) is 0 Å². The molecule has 0 bridgehead atoms. The number of carbonyl (C=O) groups excluding carboxylic acids is 1. The number of H-pyrrole nitrogens is 1. The summed E-state index contributed by atoms with van der Waals surface area (Å²) >= 11 is 0. The van der Waals surface area contributed by atoms with Crippen LogP contribution in [0.25, 0.3) is 33.1 Å². The molecule has 0 unspecified atom stereocenters. The van der Waals surface area contributed by atoms with Crippen molar-refractivity contribution in [1.82, 2.24) is 15.4 Å². The number of para-hydroxylation sites is 2. The zero-order valence-corrected chi connectivity index (χ0v) is 18.7. The van der Waals surface area contributed by atoms with Gasteiger partial charge in [0.25, 0.3) is 5.91 Å². The number of methoxy groups -OCH3 is 2. The van der Waals surface area contributed by atoms with Gasteiger partial charge in [-0.3, -0.25) is 4.79 Å². The number of aromatic amines is 1. The molecule has 7 heteroatoms. The lowest BCUT2D eigenvalue weighted by Crippen LogP contribution is -2.18. The van der Waals surface area contributed by atoms with Gasteiger partial charge in [0.15, 0.2) is 0 Å². The van der Waals surface area contributed by atoms with Crippen molar-refractivity contribution in [3.63, 3.8) is 0 Å². The Kier molecular flexibility index (Phi) is 5.66. The number of hydrogen-bond donors (Lipinski definition) is 2. The Morgan fingerprint density at radius 1 is 0.971 bits per heavy atom. The van der Waals surface area contributed by atoms with Gasteiger partial charge in [-0.05, 0) is 30.3 Å². The third kappa shape index (κ3) is 3.95. The minimum atomic E-state index is -0.330. The van der Waals surface area contributed by atoms with Crippen LogP contribution in [0.4, 0.5) is 0 Å². The predicted octanol–water partition coefficient (Wildman–Crippen LogP) is 5.16. The third-order valence-electron chi connectivity index (χ3n) is 5.64. The van der Waals surface area contributed by atoms with Gasteiger partial charge in [0.1, 0.15) is 11.5 Å². The number of pyridine rings is 1. The van der Waals surface area contributed by atoms with Crippen LogP contribution in [0.5, 0.6) is 11.5 Å². The van der Waals surface area contributed by atoms with Crippen LogP contribution in [0.2, 0.25) is 0 Å². The first-order valence-electron chi connectivity index (χ1n) is 10.7. The minimum absolute atomic E-state index is 0.330. The quantitative estimate of drug-likeness (QED) is 0.276. The topological polar surface area (TPSA) is 88.6 Å². The van der Waals surface area contributed by atoms with Gasteiger partial charge < -0.3 is 14.5 Å². The summed E-state index contributed by atoms with van der Waals surface area (Å²) in [7, 11) is 3.19. The summed E-state index contributed by atoms with van der Waals surface area (Å²) in [6.07, 6.45) is 3.49. The van der Waals surface area contributed by atoms with Crippen molar-refractivity contribution in [2.75, 3.05) is 14.2 Å². The van der Waals surface area contributed by atoms with Crippen LogP contribution in [0.15, 0.2) is 84.1 Å². The number of rotatable bonds is 6. The molecule has 0 aliphatic rings. The molecule has 0 atom stereocenters. The van der Waals surface area contributed by atoms with Crippen LogP contribution in [-0.4, -0.2) is 36.3 Å². The third-order valence-corrected chi connectivity index (χ3v) is 5.64. The van der Waals surface area contributed by atoms with Gasteiger partial charge in [-0.1, -0.05) is 36.4 Å². The van der Waals surface area contributed by atoms with Crippen molar-refractivity contribution in [3.8, 4) is 22.8 Å². The largest absolute Gasteiger partial charge is 0.497 e. The fourth-order valence-corrected chi connectivity index (χ4v) is 3.93. The summed E-state index contributed by atoms with van der Waals surface area (Å²) in [5, 5.41) is 5.97. The van der Waals surface area contributed by atoms with E-state index in [2.05, 4.69) is 15.5 Å². The van der Waals surface area contributed by atoms with Gasteiger partial charge in [-0.2, -0.15) is 5.10 Å². The van der Waals surface area contributed by atoms with Gasteiger partial charge in [-0.15, -0.1) is 0 Å². The second-order valence-corrected chi connectivity index (χ2v) is 7.63. The van der Waals surface area contributed by atoms with Gasteiger partial charge in [0.05, 0.1) is 37.2 Å². The van der Waals surface area contributed by atoms with E-state index in [9.17, 15) is 4.79 Å². The molecule has 168 valence electrons. The molecule has 0 fully saturated rings. The number of amides is 1. The van der Waals surface area contributed by atoms with Gasteiger partial charge in [0, 0.05) is 39.7 Å². The van der Waals surface area contributed by atoms with E-state index < -0.39 is 0 Å². The normalized spacial score (nSPS) is 11.2. The minimum Gasteiger partial charge on any atom is -0.497 e. The number of carbonyl (C=O) groups is 1. The molecule has 5 aromatic rings. The van der Waals surface area contributed by atoms with E-state index in [0.717, 1.165) is 27.4 Å². The van der Waals surface area contributed by atoms with Crippen molar-refractivity contribution >= 4 is 33.9 Å². The molecule has 5 rings (SSSR count). The highest BCUT2D eigenvalue weighted by molar-refractivity contribution is 6.08. The molecular weight excluding hydrogens is 428 g/mol. The average Bonchev–Trinajstić information content (AvgIpc) is 3.30. The van der Waals surface area contributed by atoms with E-state index in [-0.39, 0.29) is 5.91 Å². The Morgan fingerprint density at radius 3 is 2.59 bits per heavy atom. The van der Waals surface area contributed by atoms with Crippen molar-refractivity contribution in [2.24, 2.45) is 5.10 Å². The number of hydrogen-bond acceptors (Lipinski definition) is 5. The molecule has 0 saturated carbocycles. The van der Waals surface area contributed by atoms with Gasteiger partial charge >= 0.3 is 0 Å². The predicted molar refractivity (Wildman–Crippen MR) is 134 cm³/mol. The first-order chi connectivity index (χ1) is 16.7. The second-order valence-electron chi connectivity index (χ2n) is 7.63. The smallest absolute Gasteiger partial charge is 0.272 e. The Morgan fingerprint density at radius 2 is 1.76 bits per heavy atom. The lowest BCUT2D eigenvalue weighted by atomic mass is 10.0. The van der Waals surface area contributed by atoms with E-state index in [0.29, 0.717) is 28.3 Å². The zero-order valence-electron chi connectivity index (χ0n) is 18.7. The van der Waals surface area contributed by atoms with Crippen LogP contribution in [-0.2, 0) is 0 Å². The van der Waals surface area contributed by atoms with Gasteiger partial charge in [-0.25, -0.2) is 10.4 Å². The first kappa shape index (κ1) is 21.2. The molecular formula is C27H22N4O3. The van der Waals surface area contributed by atoms with Gasteiger partial charge in [0.2, 0.25) is 0 Å². The molecule has 34 heavy (non-hydrogen) atoms. The Hall–Kier alpha value is -4.65. The van der Waals surface area contributed by atoms with E-state index in [4.69, 9.17) is 14.5 Å². The standard InChI is InChI=1S/C27H22N4O3/c1-33-18-11-12-21(26(13-18)34-2)25-14-22(20-8-4-6-10-24(20)30-25)27(32)31-29-16-17-15-28-23-9-5-3-7-19(17)23/h3-16,28H,1-2H3,(H,31,32)/b29-16-. The number of hydrazone groups is 1. The maximum absolute atomic E-state index is 13.2. The highest BCUT2D eigenvalue weighted by Gasteiger charge is 2.16. The summed E-state index contributed by atoms with van der Waals surface area (Å²) in [5.74, 6) is 0.945. The summed E-state index contributed by atoms with van der Waals surface area (Å²) < 4.78 is 10.8. The zero-order chi connectivity index (χ0) is 23.5. The maximum atomic E-state index is 13.2. The summed E-state index contributed by atoms with van der Waals surface area (Å²) in [6, 6.07) is 22.7. The highest BCUT2D eigenvalue weighted by Crippen LogP contribution is 2.34. The molecule has 2 N–H and O–H groups in total. The molecule has 2 heterocycles. The van der Waals surface area contributed by atoms with E-state index in [1.807, 2.05) is 66.9 Å². The molecule has 7 nitrogen and oxygen atoms in total. The SMILES string of the molecule is COc1ccc(-c2cc(C(=O)N/N=C\c3c[nH]c4ccccc34)c3ccccc3n2)c(OC)c1. The van der Waals surface area contributed by atoms with Crippen molar-refractivity contribution in [2.45, 2.75) is 0 Å². The van der Waals surface area contributed by atoms with Crippen molar-refractivity contribution in [1.29, 1.82) is 0 Å². The molecule has 0 spiro atoms. The molecule has 1 amide bonds. The summed E-state index contributed by atoms with van der Waals surface area (Å²) in [6.45, 7) is 0. The molecule has 3 aromatic carbocycles. The Bertz CT molecular complexity index is 1540. The first-order valence-corrected chi connectivity index (χ1v) is 10.7. The van der Waals surface area contributed by atoms with Crippen LogP contribution in [0.3, 0.4) is 0 Å². The van der Waals surface area contributed by atoms with E-state index >= 15 is 0 Å². The monoisotopic (exact) mass is 450 g/mol. The second kappa shape index (κ2) is 9.07. The number of aromatic nitrogens is 2. The average molecular weight is 450 g/mol. The maximum Gasteiger partial charge on any atom is 0.272 e. The highest BCUT2D eigenvalue weighted by atomic mass is 16.5. The number of fused-ring (bicyclic) bond motifs is 2. The summed E-state index contributed by atoms with van der Waals surface area (Å²) in [4.78, 5) is 21.1. The van der Waals surface area contributed by atoms with Crippen LogP contribution >= 0.6 is 0 Å². The van der Waals surface area contributed by atoms with E-state index in [1.54, 1.807) is 32.6 Å². The molecule has 0 radical (unpaired) electrons. The van der Waals surface area contributed by atoms with E-state index in [1.165, 1.54) is 0 Å². The number of benzene rings is 3. The Balaban J connectivity index is 1.51. The summed E-state index contributed by atoms with van der Waals surface area (Å²) in [5.41, 5.74) is 7.09. The number of ether oxygens (including phenoxy) is 2. The fourth-order valence-electron chi connectivity index (χ4n) is 3.93. The lowest BCUT2D eigenvalue weighted by Gasteiger charge is -2.12. The van der Waals surface area contributed by atoms with Crippen molar-refractivity contribution in [3.05, 3.63) is 90.1 Å². The molecule has 2 aromatic heterocycles. The van der Waals surface area contributed by atoms with Crippen LogP contribution < -0.4 is 14.9 Å². The number of nitrogens with zero attached hydrogens (tertiary/aromatic N) is 2. The molecule has 0 saturated heterocycles. The lowest BCUT2D eigenvalue weighted by molar-refractivity contribution is 0.0956. The molecule has 0 aliphatic carbocycles. The number of nitrogens with one attached hydrogen (secondary N) is 2.